The molecule has 5 heteroatoms. The van der Waals surface area contributed by atoms with Gasteiger partial charge in [0.15, 0.2) is 0 Å². The fraction of sp³-hybridized carbons (Fsp3) is 0.455. The van der Waals surface area contributed by atoms with Crippen molar-refractivity contribution in [3.8, 4) is 11.5 Å². The van der Waals surface area contributed by atoms with Gasteiger partial charge in [-0.05, 0) is 43.2 Å². The highest BCUT2D eigenvalue weighted by atomic mass is 16.5. The molecule has 0 heterocycles. The zero-order chi connectivity index (χ0) is 19.5. The van der Waals surface area contributed by atoms with Gasteiger partial charge in [0.05, 0.1) is 7.11 Å². The average molecular weight is 373 g/mol. The van der Waals surface area contributed by atoms with E-state index in [1.165, 1.54) is 11.1 Å². The summed E-state index contributed by atoms with van der Waals surface area (Å²) in [5.74, 6) is 1.50. The largest absolute Gasteiger partial charge is 0.497 e. The number of benzene rings is 2. The topological polar surface area (TPSA) is 51.2 Å². The number of methoxy groups -OCH3 is 2. The van der Waals surface area contributed by atoms with Gasteiger partial charge in [0.1, 0.15) is 24.2 Å². The summed E-state index contributed by atoms with van der Waals surface area (Å²) in [6.45, 7) is 5.25. The molecule has 0 aliphatic carbocycles. The van der Waals surface area contributed by atoms with Crippen LogP contribution in [-0.2, 0) is 11.3 Å². The van der Waals surface area contributed by atoms with Gasteiger partial charge in [-0.3, -0.25) is 4.90 Å². The highest BCUT2D eigenvalue weighted by Crippen LogP contribution is 2.17. The minimum atomic E-state index is -0.569. The molecule has 1 atom stereocenters. The minimum Gasteiger partial charge on any atom is -0.497 e. The molecule has 2 rings (SSSR count). The Kier molecular flexibility index (Phi) is 9.11. The van der Waals surface area contributed by atoms with Crippen LogP contribution in [0.2, 0.25) is 0 Å². The lowest BCUT2D eigenvalue weighted by Gasteiger charge is -2.25. The lowest BCUT2D eigenvalue weighted by atomic mass is 10.1. The van der Waals surface area contributed by atoms with Crippen molar-refractivity contribution in [2.24, 2.45) is 0 Å². The fourth-order valence-corrected chi connectivity index (χ4v) is 2.83. The van der Waals surface area contributed by atoms with Crippen LogP contribution in [0.4, 0.5) is 0 Å². The lowest BCUT2D eigenvalue weighted by Crippen LogP contribution is -2.36. The van der Waals surface area contributed by atoms with Crippen molar-refractivity contribution in [1.29, 1.82) is 0 Å². The third-order valence-electron chi connectivity index (χ3n) is 4.32. The molecule has 0 amide bonds. The maximum absolute atomic E-state index is 10.4. The van der Waals surface area contributed by atoms with Crippen molar-refractivity contribution >= 4 is 0 Å². The summed E-state index contributed by atoms with van der Waals surface area (Å²) in [5.41, 5.74) is 2.49. The quantitative estimate of drug-likeness (QED) is 0.579. The number of hydrogen-bond acceptors (Lipinski definition) is 5. The van der Waals surface area contributed by atoms with Gasteiger partial charge in [0.2, 0.25) is 0 Å². The van der Waals surface area contributed by atoms with E-state index in [-0.39, 0.29) is 6.61 Å². The Hall–Kier alpha value is -2.08. The van der Waals surface area contributed by atoms with Crippen LogP contribution in [0.3, 0.4) is 0 Å². The van der Waals surface area contributed by atoms with E-state index in [1.54, 1.807) is 14.2 Å². The number of nitrogens with zero attached hydrogens (tertiary/aromatic N) is 1. The van der Waals surface area contributed by atoms with E-state index in [1.807, 2.05) is 24.3 Å². The summed E-state index contributed by atoms with van der Waals surface area (Å²) < 4.78 is 16.0. The monoisotopic (exact) mass is 373 g/mol. The van der Waals surface area contributed by atoms with Gasteiger partial charge in [-0.2, -0.15) is 0 Å². The molecule has 2 aromatic rings. The summed E-state index contributed by atoms with van der Waals surface area (Å²) >= 11 is 0. The standard InChI is InChI=1S/C22H31NO4/c1-18-5-7-19(8-6-18)15-23(13-4-14-25-2)16-20(24)17-27-22-11-9-21(26-3)10-12-22/h5-12,20,24H,4,13-17H2,1-3H3/t20-/m1/s1. The molecular weight excluding hydrogens is 342 g/mol. The van der Waals surface area contributed by atoms with Gasteiger partial charge in [0.25, 0.3) is 0 Å². The van der Waals surface area contributed by atoms with Gasteiger partial charge in [-0.25, -0.2) is 0 Å². The van der Waals surface area contributed by atoms with E-state index in [0.29, 0.717) is 13.2 Å². The van der Waals surface area contributed by atoms with Gasteiger partial charge in [-0.15, -0.1) is 0 Å². The molecule has 1 N–H and O–H groups in total. The molecule has 0 saturated carbocycles. The van der Waals surface area contributed by atoms with E-state index in [0.717, 1.165) is 31.0 Å². The first-order valence-electron chi connectivity index (χ1n) is 9.32. The number of ether oxygens (including phenoxy) is 3. The molecule has 0 aromatic heterocycles. The van der Waals surface area contributed by atoms with Crippen molar-refractivity contribution in [1.82, 2.24) is 4.90 Å². The number of hydrogen-bond donors (Lipinski definition) is 1. The first-order valence-corrected chi connectivity index (χ1v) is 9.32. The Morgan fingerprint density at radius 1 is 0.963 bits per heavy atom. The Morgan fingerprint density at radius 3 is 2.26 bits per heavy atom. The maximum atomic E-state index is 10.4. The second-order valence-corrected chi connectivity index (χ2v) is 6.71. The number of aryl methyl sites for hydroxylation is 1. The van der Waals surface area contributed by atoms with Crippen LogP contribution in [0.25, 0.3) is 0 Å². The highest BCUT2D eigenvalue weighted by Gasteiger charge is 2.13. The SMILES string of the molecule is COCCCN(Cc1ccc(C)cc1)C[C@@H](O)COc1ccc(OC)cc1. The molecule has 0 fully saturated rings. The van der Waals surface area contributed by atoms with E-state index < -0.39 is 6.10 Å². The smallest absolute Gasteiger partial charge is 0.119 e. The molecular formula is C22H31NO4. The normalized spacial score (nSPS) is 12.2. The van der Waals surface area contributed by atoms with E-state index >= 15 is 0 Å². The maximum Gasteiger partial charge on any atom is 0.119 e. The van der Waals surface area contributed by atoms with E-state index in [4.69, 9.17) is 14.2 Å². The summed E-state index contributed by atoms with van der Waals surface area (Å²) in [6.07, 6.45) is 0.356. The average Bonchev–Trinajstić information content (AvgIpc) is 2.68. The summed E-state index contributed by atoms with van der Waals surface area (Å²) in [6, 6.07) is 15.9. The van der Waals surface area contributed by atoms with Gasteiger partial charge in [0, 0.05) is 33.4 Å². The van der Waals surface area contributed by atoms with E-state index in [2.05, 4.69) is 36.1 Å². The predicted molar refractivity (Wildman–Crippen MR) is 107 cm³/mol. The van der Waals surface area contributed by atoms with Crippen LogP contribution in [0, 0.1) is 6.92 Å². The van der Waals surface area contributed by atoms with Crippen molar-refractivity contribution < 1.29 is 19.3 Å². The molecule has 0 aliphatic heterocycles. The Balaban J connectivity index is 1.86. The van der Waals surface area contributed by atoms with E-state index in [9.17, 15) is 5.11 Å². The molecule has 0 unspecified atom stereocenters. The summed E-state index contributed by atoms with van der Waals surface area (Å²) in [5, 5.41) is 10.4. The molecule has 0 spiro atoms. The van der Waals surface area contributed by atoms with Crippen molar-refractivity contribution in [2.75, 3.05) is 40.5 Å². The minimum absolute atomic E-state index is 0.251. The Labute approximate surface area is 162 Å². The molecule has 0 radical (unpaired) electrons. The van der Waals surface area contributed by atoms with Gasteiger partial charge < -0.3 is 19.3 Å². The van der Waals surface area contributed by atoms with Crippen LogP contribution in [-0.4, -0.2) is 56.6 Å². The molecule has 0 saturated heterocycles. The lowest BCUT2D eigenvalue weighted by molar-refractivity contribution is 0.0617. The molecule has 0 bridgehead atoms. The Bertz CT molecular complexity index is 642. The molecule has 148 valence electrons. The zero-order valence-corrected chi connectivity index (χ0v) is 16.6. The number of aliphatic hydroxyl groups is 1. The Morgan fingerprint density at radius 2 is 1.63 bits per heavy atom. The third kappa shape index (κ3) is 7.99. The second-order valence-electron chi connectivity index (χ2n) is 6.71. The predicted octanol–water partition coefficient (Wildman–Crippen LogP) is 3.28. The highest BCUT2D eigenvalue weighted by molar-refractivity contribution is 5.31. The molecule has 27 heavy (non-hydrogen) atoms. The van der Waals surface area contributed by atoms with Crippen molar-refractivity contribution in [2.45, 2.75) is 26.0 Å². The molecule has 2 aromatic carbocycles. The first kappa shape index (κ1) is 21.2. The zero-order valence-electron chi connectivity index (χ0n) is 16.6. The molecule has 5 nitrogen and oxygen atoms in total. The van der Waals surface area contributed by atoms with Crippen molar-refractivity contribution in [3.63, 3.8) is 0 Å². The first-order chi connectivity index (χ1) is 13.1. The van der Waals surface area contributed by atoms with Crippen LogP contribution in [0.5, 0.6) is 11.5 Å². The second kappa shape index (κ2) is 11.6. The number of rotatable bonds is 12. The van der Waals surface area contributed by atoms with Crippen molar-refractivity contribution in [3.05, 3.63) is 59.7 Å². The van der Waals surface area contributed by atoms with Gasteiger partial charge >= 0.3 is 0 Å². The fourth-order valence-electron chi connectivity index (χ4n) is 2.83. The van der Waals surface area contributed by atoms with Crippen LogP contribution >= 0.6 is 0 Å². The molecule has 0 aliphatic rings. The summed E-state index contributed by atoms with van der Waals surface area (Å²) in [7, 11) is 3.34. The van der Waals surface area contributed by atoms with Gasteiger partial charge in [-0.1, -0.05) is 29.8 Å². The number of aliphatic hydroxyl groups excluding tert-OH is 1. The third-order valence-corrected chi connectivity index (χ3v) is 4.32. The van der Waals surface area contributed by atoms with Crippen LogP contribution < -0.4 is 9.47 Å². The summed E-state index contributed by atoms with van der Waals surface area (Å²) in [4.78, 5) is 2.24. The van der Waals surface area contributed by atoms with Crippen LogP contribution in [0.15, 0.2) is 48.5 Å². The van der Waals surface area contributed by atoms with Crippen LogP contribution in [0.1, 0.15) is 17.5 Å².